The van der Waals surface area contributed by atoms with Gasteiger partial charge in [0.2, 0.25) is 0 Å². The molecule has 0 aromatic rings. The van der Waals surface area contributed by atoms with Crippen LogP contribution in [-0.2, 0) is 9.47 Å². The molecule has 1 unspecified atom stereocenters. The third kappa shape index (κ3) is 11.5. The maximum Gasteiger partial charge on any atom is 0.508 e. The molecule has 0 aliphatic carbocycles. The third-order valence-corrected chi connectivity index (χ3v) is 2.58. The Morgan fingerprint density at radius 3 is 2.47 bits per heavy atom. The molecule has 0 aromatic carbocycles. The van der Waals surface area contributed by atoms with E-state index in [4.69, 9.17) is 4.74 Å². The van der Waals surface area contributed by atoms with Gasteiger partial charge < -0.3 is 14.6 Å². The van der Waals surface area contributed by atoms with Crippen LogP contribution in [0.5, 0.6) is 0 Å². The highest BCUT2D eigenvalue weighted by Gasteiger charge is 2.13. The number of rotatable bonds is 8. The molecule has 102 valence electrons. The summed E-state index contributed by atoms with van der Waals surface area (Å²) in [7, 11) is 0. The van der Waals surface area contributed by atoms with Crippen molar-refractivity contribution in [3.8, 4) is 0 Å². The molecule has 0 aromatic heterocycles. The molecular weight excluding hydrogens is 220 g/mol. The minimum atomic E-state index is -0.587. The third-order valence-electron chi connectivity index (χ3n) is 2.58. The van der Waals surface area contributed by atoms with Crippen LogP contribution in [0.2, 0.25) is 0 Å². The maximum atomic E-state index is 10.9. The van der Waals surface area contributed by atoms with E-state index >= 15 is 0 Å². The number of carbonyl (C=O) groups excluding carboxylic acids is 1. The predicted molar refractivity (Wildman–Crippen MR) is 66.9 cm³/mol. The number of ether oxygens (including phenoxy) is 2. The van der Waals surface area contributed by atoms with E-state index in [0.717, 1.165) is 25.7 Å². The number of aliphatic hydroxyl groups is 1. The summed E-state index contributed by atoms with van der Waals surface area (Å²) in [6, 6.07) is 0. The van der Waals surface area contributed by atoms with E-state index in [9.17, 15) is 9.90 Å². The first kappa shape index (κ1) is 16.2. The quantitative estimate of drug-likeness (QED) is 0.668. The summed E-state index contributed by atoms with van der Waals surface area (Å²) in [5, 5.41) is 9.55. The Balaban J connectivity index is 3.47. The highest BCUT2D eigenvalue weighted by atomic mass is 16.7. The first-order valence-corrected chi connectivity index (χ1v) is 6.37. The molecule has 0 aliphatic heterocycles. The zero-order valence-corrected chi connectivity index (χ0v) is 11.5. The Bertz CT molecular complexity index is 208. The fraction of sp³-hybridized carbons (Fsp3) is 0.923. The van der Waals surface area contributed by atoms with Gasteiger partial charge in [-0.25, -0.2) is 4.79 Å². The summed E-state index contributed by atoms with van der Waals surface area (Å²) in [5.41, 5.74) is -0.582. The van der Waals surface area contributed by atoms with E-state index in [0.29, 0.717) is 19.1 Å². The van der Waals surface area contributed by atoms with Gasteiger partial charge in [-0.3, -0.25) is 0 Å². The SMILES string of the molecule is CCOC(=O)OCCC(C)CCCC(C)(C)O. The summed E-state index contributed by atoms with van der Waals surface area (Å²) in [6.45, 7) is 8.27. The Labute approximate surface area is 104 Å². The van der Waals surface area contributed by atoms with Crippen LogP contribution >= 0.6 is 0 Å². The van der Waals surface area contributed by atoms with Crippen LogP contribution in [0, 0.1) is 5.92 Å². The topological polar surface area (TPSA) is 55.8 Å². The van der Waals surface area contributed by atoms with Gasteiger partial charge in [-0.05, 0) is 39.5 Å². The van der Waals surface area contributed by atoms with Gasteiger partial charge in [0.1, 0.15) is 0 Å². The van der Waals surface area contributed by atoms with E-state index in [1.807, 2.05) is 13.8 Å². The van der Waals surface area contributed by atoms with Gasteiger partial charge in [0.15, 0.2) is 0 Å². The molecular formula is C13H26O4. The second-order valence-electron chi connectivity index (χ2n) is 5.13. The van der Waals surface area contributed by atoms with Crippen LogP contribution in [0.4, 0.5) is 4.79 Å². The van der Waals surface area contributed by atoms with Crippen LogP contribution in [0.3, 0.4) is 0 Å². The van der Waals surface area contributed by atoms with Gasteiger partial charge in [0.05, 0.1) is 18.8 Å². The van der Waals surface area contributed by atoms with Crippen LogP contribution in [0.15, 0.2) is 0 Å². The summed E-state index contributed by atoms with van der Waals surface area (Å²) >= 11 is 0. The van der Waals surface area contributed by atoms with Crippen molar-refractivity contribution in [1.29, 1.82) is 0 Å². The highest BCUT2D eigenvalue weighted by Crippen LogP contribution is 2.17. The van der Waals surface area contributed by atoms with Gasteiger partial charge >= 0.3 is 6.16 Å². The second kappa shape index (κ2) is 8.34. The molecule has 4 heteroatoms. The lowest BCUT2D eigenvalue weighted by atomic mass is 9.95. The minimum Gasteiger partial charge on any atom is -0.435 e. The molecule has 0 radical (unpaired) electrons. The van der Waals surface area contributed by atoms with Crippen LogP contribution in [0.1, 0.15) is 53.4 Å². The first-order chi connectivity index (χ1) is 7.85. The summed E-state index contributed by atoms with van der Waals surface area (Å²) in [5.74, 6) is 0.492. The fourth-order valence-electron chi connectivity index (χ4n) is 1.53. The zero-order chi connectivity index (χ0) is 13.3. The van der Waals surface area contributed by atoms with E-state index in [1.54, 1.807) is 6.92 Å². The summed E-state index contributed by atoms with van der Waals surface area (Å²) in [4.78, 5) is 10.9. The maximum absolute atomic E-state index is 10.9. The van der Waals surface area contributed by atoms with Crippen molar-refractivity contribution in [2.45, 2.75) is 59.0 Å². The molecule has 0 heterocycles. The number of hydrogen-bond donors (Lipinski definition) is 1. The average molecular weight is 246 g/mol. The van der Waals surface area contributed by atoms with Gasteiger partial charge in [-0.15, -0.1) is 0 Å². The van der Waals surface area contributed by atoms with E-state index in [-0.39, 0.29) is 0 Å². The Hall–Kier alpha value is -0.770. The molecule has 0 fully saturated rings. The lowest BCUT2D eigenvalue weighted by Crippen LogP contribution is -2.18. The molecule has 0 rings (SSSR count). The fourth-order valence-corrected chi connectivity index (χ4v) is 1.53. The zero-order valence-electron chi connectivity index (χ0n) is 11.5. The Morgan fingerprint density at radius 2 is 1.94 bits per heavy atom. The van der Waals surface area contributed by atoms with Gasteiger partial charge in [0.25, 0.3) is 0 Å². The Morgan fingerprint density at radius 1 is 1.29 bits per heavy atom. The molecule has 0 saturated carbocycles. The first-order valence-electron chi connectivity index (χ1n) is 6.37. The van der Waals surface area contributed by atoms with Crippen molar-refractivity contribution >= 4 is 6.16 Å². The van der Waals surface area contributed by atoms with E-state index in [2.05, 4.69) is 11.7 Å². The summed E-state index contributed by atoms with van der Waals surface area (Å²) in [6.07, 6.45) is 3.08. The van der Waals surface area contributed by atoms with E-state index < -0.39 is 11.8 Å². The van der Waals surface area contributed by atoms with Gasteiger partial charge in [-0.1, -0.05) is 19.8 Å². The minimum absolute atomic E-state index is 0.347. The monoisotopic (exact) mass is 246 g/mol. The molecule has 17 heavy (non-hydrogen) atoms. The van der Waals surface area contributed by atoms with Crippen LogP contribution in [0.25, 0.3) is 0 Å². The van der Waals surface area contributed by atoms with Crippen molar-refractivity contribution in [2.24, 2.45) is 5.92 Å². The van der Waals surface area contributed by atoms with Crippen molar-refractivity contribution in [1.82, 2.24) is 0 Å². The normalized spacial score (nSPS) is 13.2. The van der Waals surface area contributed by atoms with Crippen molar-refractivity contribution in [3.05, 3.63) is 0 Å². The largest absolute Gasteiger partial charge is 0.508 e. The molecule has 0 amide bonds. The predicted octanol–water partition coefficient (Wildman–Crippen LogP) is 3.13. The molecule has 0 spiro atoms. The second-order valence-corrected chi connectivity index (χ2v) is 5.13. The van der Waals surface area contributed by atoms with E-state index in [1.165, 1.54) is 0 Å². The van der Waals surface area contributed by atoms with Gasteiger partial charge in [0, 0.05) is 0 Å². The molecule has 1 N–H and O–H groups in total. The molecule has 1 atom stereocenters. The van der Waals surface area contributed by atoms with Crippen LogP contribution < -0.4 is 0 Å². The smallest absolute Gasteiger partial charge is 0.435 e. The lowest BCUT2D eigenvalue weighted by Gasteiger charge is -2.18. The molecule has 4 nitrogen and oxygen atoms in total. The number of carbonyl (C=O) groups is 1. The van der Waals surface area contributed by atoms with Gasteiger partial charge in [-0.2, -0.15) is 0 Å². The Kier molecular flexibility index (Phi) is 7.96. The molecule has 0 bridgehead atoms. The average Bonchev–Trinajstić information content (AvgIpc) is 2.16. The summed E-state index contributed by atoms with van der Waals surface area (Å²) < 4.78 is 9.55. The molecule has 0 aliphatic rings. The standard InChI is InChI=1S/C13H26O4/c1-5-16-12(14)17-10-8-11(2)7-6-9-13(3,4)15/h11,15H,5-10H2,1-4H3. The molecule has 0 saturated heterocycles. The number of hydrogen-bond acceptors (Lipinski definition) is 4. The highest BCUT2D eigenvalue weighted by molar-refractivity contribution is 5.59. The lowest BCUT2D eigenvalue weighted by molar-refractivity contribution is 0.0541. The van der Waals surface area contributed by atoms with Crippen molar-refractivity contribution < 1.29 is 19.4 Å². The van der Waals surface area contributed by atoms with Crippen LogP contribution in [-0.4, -0.2) is 30.1 Å². The van der Waals surface area contributed by atoms with Crippen molar-refractivity contribution in [3.63, 3.8) is 0 Å². The van der Waals surface area contributed by atoms with Crippen molar-refractivity contribution in [2.75, 3.05) is 13.2 Å².